The van der Waals surface area contributed by atoms with E-state index in [1.165, 1.54) is 18.7 Å². The summed E-state index contributed by atoms with van der Waals surface area (Å²) in [7, 11) is 0. The molecule has 1 aliphatic heterocycles. The van der Waals surface area contributed by atoms with Crippen LogP contribution in [-0.4, -0.2) is 33.3 Å². The van der Waals surface area contributed by atoms with E-state index in [-0.39, 0.29) is 17.9 Å². The van der Waals surface area contributed by atoms with Crippen molar-refractivity contribution in [3.8, 4) is 0 Å². The third-order valence-corrected chi connectivity index (χ3v) is 5.05. The second-order valence-electron chi connectivity index (χ2n) is 6.86. The van der Waals surface area contributed by atoms with E-state index >= 15 is 0 Å². The van der Waals surface area contributed by atoms with E-state index in [0.29, 0.717) is 18.5 Å². The van der Waals surface area contributed by atoms with Crippen molar-refractivity contribution in [1.29, 1.82) is 0 Å². The van der Waals surface area contributed by atoms with Gasteiger partial charge in [-0.1, -0.05) is 25.1 Å². The molecule has 1 aliphatic rings. The van der Waals surface area contributed by atoms with Crippen LogP contribution in [0.3, 0.4) is 0 Å². The molecule has 3 aromatic rings. The molecule has 2 amide bonds. The van der Waals surface area contributed by atoms with Gasteiger partial charge < -0.3 is 10.2 Å². The van der Waals surface area contributed by atoms with E-state index in [0.717, 1.165) is 28.8 Å². The predicted molar refractivity (Wildman–Crippen MR) is 108 cm³/mol. The van der Waals surface area contributed by atoms with Crippen molar-refractivity contribution in [3.63, 3.8) is 0 Å². The lowest BCUT2D eigenvalue weighted by Gasteiger charge is -2.21. The number of anilines is 1. The molecule has 0 aliphatic carbocycles. The highest BCUT2D eigenvalue weighted by molar-refractivity contribution is 5.95. The molecule has 0 radical (unpaired) electrons. The average molecular weight is 387 g/mol. The summed E-state index contributed by atoms with van der Waals surface area (Å²) < 4.78 is 0. The molecule has 4 rings (SSSR count). The van der Waals surface area contributed by atoms with Crippen molar-refractivity contribution in [2.75, 3.05) is 11.4 Å². The van der Waals surface area contributed by atoms with Crippen LogP contribution in [0.5, 0.6) is 0 Å². The minimum Gasteiger partial charge on any atom is -0.341 e. The van der Waals surface area contributed by atoms with Gasteiger partial charge in [-0.05, 0) is 35.2 Å². The van der Waals surface area contributed by atoms with Crippen LogP contribution in [0.4, 0.5) is 5.69 Å². The first kappa shape index (κ1) is 18.7. The molecule has 1 atom stereocenters. The first-order chi connectivity index (χ1) is 14.2. The van der Waals surface area contributed by atoms with Crippen molar-refractivity contribution in [3.05, 3.63) is 83.7 Å². The van der Waals surface area contributed by atoms with Crippen LogP contribution in [0.1, 0.15) is 46.4 Å². The normalized spacial score (nSPS) is 13.6. The molecule has 1 aromatic carbocycles. The number of aromatic nitrogens is 3. The number of rotatable bonds is 5. The molecule has 0 spiro atoms. The molecule has 1 unspecified atom stereocenters. The van der Waals surface area contributed by atoms with Crippen LogP contribution in [0, 0.1) is 0 Å². The maximum absolute atomic E-state index is 12.8. The molecule has 0 fully saturated rings. The molecule has 29 heavy (non-hydrogen) atoms. The van der Waals surface area contributed by atoms with E-state index in [1.807, 2.05) is 36.1 Å². The second-order valence-corrected chi connectivity index (χ2v) is 6.86. The number of nitrogens with zero attached hydrogens (tertiary/aromatic N) is 4. The van der Waals surface area contributed by atoms with Gasteiger partial charge in [0.05, 0.1) is 11.6 Å². The maximum Gasteiger partial charge on any atom is 0.255 e. The van der Waals surface area contributed by atoms with Gasteiger partial charge in [-0.25, -0.2) is 9.97 Å². The van der Waals surface area contributed by atoms with Crippen LogP contribution >= 0.6 is 0 Å². The predicted octanol–water partition coefficient (Wildman–Crippen LogP) is 2.69. The Balaban J connectivity index is 1.67. The molecule has 0 saturated heterocycles. The summed E-state index contributed by atoms with van der Waals surface area (Å²) in [6.07, 6.45) is 9.08. The smallest absolute Gasteiger partial charge is 0.255 e. The Bertz CT molecular complexity index is 1020. The molecule has 3 heterocycles. The second kappa shape index (κ2) is 8.18. The SMILES string of the molecule is CCC(=O)N1CCc2cc(C(NC(=O)c3cncnc3)c3cccnc3)ccc21. The van der Waals surface area contributed by atoms with Gasteiger partial charge in [-0.15, -0.1) is 0 Å². The van der Waals surface area contributed by atoms with Gasteiger partial charge in [-0.3, -0.25) is 14.6 Å². The number of hydrogen-bond donors (Lipinski definition) is 1. The van der Waals surface area contributed by atoms with E-state index < -0.39 is 0 Å². The van der Waals surface area contributed by atoms with E-state index in [4.69, 9.17) is 0 Å². The lowest BCUT2D eigenvalue weighted by molar-refractivity contribution is -0.118. The van der Waals surface area contributed by atoms with E-state index in [9.17, 15) is 9.59 Å². The summed E-state index contributed by atoms with van der Waals surface area (Å²) in [5, 5.41) is 3.06. The summed E-state index contributed by atoms with van der Waals surface area (Å²) in [6, 6.07) is 9.39. The van der Waals surface area contributed by atoms with Gasteiger partial charge in [0.2, 0.25) is 5.91 Å². The number of hydrogen-bond acceptors (Lipinski definition) is 5. The molecular formula is C22H21N5O2. The third-order valence-electron chi connectivity index (χ3n) is 5.05. The van der Waals surface area contributed by atoms with Crippen LogP contribution in [0.15, 0.2) is 61.4 Å². The topological polar surface area (TPSA) is 88.1 Å². The Morgan fingerprint density at radius 3 is 2.66 bits per heavy atom. The van der Waals surface area contributed by atoms with Crippen LogP contribution in [0.2, 0.25) is 0 Å². The quantitative estimate of drug-likeness (QED) is 0.727. The monoisotopic (exact) mass is 387 g/mol. The summed E-state index contributed by atoms with van der Waals surface area (Å²) in [5.41, 5.74) is 4.26. The number of pyridine rings is 1. The van der Waals surface area contributed by atoms with Gasteiger partial charge in [-0.2, -0.15) is 0 Å². The summed E-state index contributed by atoms with van der Waals surface area (Å²) >= 11 is 0. The highest BCUT2D eigenvalue weighted by atomic mass is 16.2. The van der Waals surface area contributed by atoms with E-state index in [1.54, 1.807) is 12.4 Å². The average Bonchev–Trinajstić information content (AvgIpc) is 3.21. The zero-order chi connectivity index (χ0) is 20.2. The molecule has 0 bridgehead atoms. The van der Waals surface area contributed by atoms with Gasteiger partial charge >= 0.3 is 0 Å². The Labute approximate surface area is 168 Å². The van der Waals surface area contributed by atoms with Crippen molar-refractivity contribution in [2.24, 2.45) is 0 Å². The zero-order valence-corrected chi connectivity index (χ0v) is 16.1. The van der Waals surface area contributed by atoms with Gasteiger partial charge in [0.1, 0.15) is 6.33 Å². The van der Waals surface area contributed by atoms with Crippen LogP contribution in [-0.2, 0) is 11.2 Å². The molecular weight excluding hydrogens is 366 g/mol. The van der Waals surface area contributed by atoms with Crippen molar-refractivity contribution in [2.45, 2.75) is 25.8 Å². The zero-order valence-electron chi connectivity index (χ0n) is 16.1. The van der Waals surface area contributed by atoms with Crippen molar-refractivity contribution in [1.82, 2.24) is 20.3 Å². The molecule has 7 heteroatoms. The molecule has 1 N–H and O–H groups in total. The highest BCUT2D eigenvalue weighted by Crippen LogP contribution is 2.32. The maximum atomic E-state index is 12.8. The van der Waals surface area contributed by atoms with Gasteiger partial charge in [0, 0.05) is 43.4 Å². The van der Waals surface area contributed by atoms with Crippen molar-refractivity contribution < 1.29 is 9.59 Å². The highest BCUT2D eigenvalue weighted by Gasteiger charge is 2.26. The lowest BCUT2D eigenvalue weighted by Crippen LogP contribution is -2.30. The fourth-order valence-corrected chi connectivity index (χ4v) is 3.59. The number of fused-ring (bicyclic) bond motifs is 1. The fraction of sp³-hybridized carbons (Fsp3) is 0.227. The molecule has 7 nitrogen and oxygen atoms in total. The Kier molecular flexibility index (Phi) is 5.29. The summed E-state index contributed by atoms with van der Waals surface area (Å²) in [4.78, 5) is 38.8. The number of benzene rings is 1. The number of nitrogens with one attached hydrogen (secondary N) is 1. The van der Waals surface area contributed by atoms with Crippen molar-refractivity contribution >= 4 is 17.5 Å². The number of carbonyl (C=O) groups is 2. The first-order valence-electron chi connectivity index (χ1n) is 9.56. The Morgan fingerprint density at radius 2 is 1.93 bits per heavy atom. The molecule has 2 aromatic heterocycles. The van der Waals surface area contributed by atoms with Crippen LogP contribution in [0.25, 0.3) is 0 Å². The number of amides is 2. The number of carbonyl (C=O) groups excluding carboxylic acids is 2. The van der Waals surface area contributed by atoms with Crippen LogP contribution < -0.4 is 10.2 Å². The third kappa shape index (κ3) is 3.85. The standard InChI is InChI=1S/C22H21N5O2/c1-2-20(28)27-9-7-15-10-16(5-6-19(15)27)21(17-4-3-8-23-11-17)26-22(29)18-12-24-14-25-13-18/h3-6,8,10-14,21H,2,7,9H2,1H3,(H,26,29). The largest absolute Gasteiger partial charge is 0.341 e. The minimum atomic E-state index is -0.377. The fourth-order valence-electron chi connectivity index (χ4n) is 3.59. The van der Waals surface area contributed by atoms with Gasteiger partial charge in [0.15, 0.2) is 0 Å². The first-order valence-corrected chi connectivity index (χ1v) is 9.56. The Morgan fingerprint density at radius 1 is 1.10 bits per heavy atom. The van der Waals surface area contributed by atoms with E-state index in [2.05, 4.69) is 26.3 Å². The summed E-state index contributed by atoms with van der Waals surface area (Å²) in [5.74, 6) is -0.138. The van der Waals surface area contributed by atoms with Gasteiger partial charge in [0.25, 0.3) is 5.91 Å². The molecule has 0 saturated carbocycles. The minimum absolute atomic E-state index is 0.123. The Hall–Kier alpha value is -3.61. The summed E-state index contributed by atoms with van der Waals surface area (Å²) in [6.45, 7) is 2.56. The lowest BCUT2D eigenvalue weighted by atomic mass is 9.97. The molecule has 146 valence electrons.